The highest BCUT2D eigenvalue weighted by Crippen LogP contribution is 2.40. The zero-order valence-corrected chi connectivity index (χ0v) is 16.8. The van der Waals surface area contributed by atoms with Crippen LogP contribution in [0.2, 0.25) is 0 Å². The van der Waals surface area contributed by atoms with Gasteiger partial charge >= 0.3 is 0 Å². The van der Waals surface area contributed by atoms with Crippen LogP contribution in [0.3, 0.4) is 0 Å². The highest BCUT2D eigenvalue weighted by atomic mass is 32.1. The molecule has 3 aliphatic rings. The van der Waals surface area contributed by atoms with Crippen LogP contribution in [0.4, 0.5) is 5.82 Å². The summed E-state index contributed by atoms with van der Waals surface area (Å²) in [6, 6.07) is 0.458. The van der Waals surface area contributed by atoms with Crippen LogP contribution in [0.15, 0.2) is 6.33 Å². The molecule has 1 atom stereocenters. The first-order chi connectivity index (χ1) is 13.2. The number of fused-ring (bicyclic) bond motifs is 3. The molecule has 144 valence electrons. The predicted molar refractivity (Wildman–Crippen MR) is 108 cm³/mol. The monoisotopic (exact) mass is 386 g/mol. The van der Waals surface area contributed by atoms with E-state index in [1.807, 2.05) is 11.3 Å². The van der Waals surface area contributed by atoms with Crippen molar-refractivity contribution in [3.8, 4) is 0 Å². The predicted octanol–water partition coefficient (Wildman–Crippen LogP) is 0.800. The molecule has 2 aromatic rings. The molecule has 2 fully saturated rings. The van der Waals surface area contributed by atoms with Gasteiger partial charge in [-0.2, -0.15) is 0 Å². The molecule has 0 spiro atoms. The standard InChI is InChI=1S/C20H27N5OS/c1-13-2-5-15-16(10-13)27-20-18(15)19(21-12-22-20)25-8-6-24(7-9-25)11-17(26)23-14-3-4-14/h12-14H,2-11H2,1H3,(H,23,26)/p+1/t13-/m1/s1. The molecule has 1 saturated heterocycles. The second-order valence-corrected chi connectivity index (χ2v) is 9.57. The number of amides is 1. The van der Waals surface area contributed by atoms with Gasteiger partial charge in [0.15, 0.2) is 6.54 Å². The summed E-state index contributed by atoms with van der Waals surface area (Å²) >= 11 is 1.87. The summed E-state index contributed by atoms with van der Waals surface area (Å²) in [5.74, 6) is 2.11. The number of aryl methyl sites for hydroxylation is 1. The van der Waals surface area contributed by atoms with Crippen LogP contribution in [0.5, 0.6) is 0 Å². The molecule has 0 bridgehead atoms. The van der Waals surface area contributed by atoms with Gasteiger partial charge in [0.05, 0.1) is 31.6 Å². The van der Waals surface area contributed by atoms with Crippen LogP contribution in [0.1, 0.15) is 36.6 Å². The van der Waals surface area contributed by atoms with E-state index < -0.39 is 0 Å². The first-order valence-electron chi connectivity index (χ1n) is 10.3. The number of carbonyl (C=O) groups excluding carboxylic acids is 1. The molecule has 2 aliphatic carbocycles. The van der Waals surface area contributed by atoms with Gasteiger partial charge in [-0.25, -0.2) is 9.97 Å². The number of nitrogens with zero attached hydrogens (tertiary/aromatic N) is 3. The van der Waals surface area contributed by atoms with E-state index in [0.717, 1.165) is 62.0 Å². The van der Waals surface area contributed by atoms with Gasteiger partial charge in [-0.1, -0.05) is 6.92 Å². The van der Waals surface area contributed by atoms with Gasteiger partial charge in [0, 0.05) is 10.9 Å². The number of nitrogens with one attached hydrogen (secondary N) is 2. The summed E-state index contributed by atoms with van der Waals surface area (Å²) in [6.45, 7) is 6.86. The van der Waals surface area contributed by atoms with Crippen molar-refractivity contribution in [1.82, 2.24) is 15.3 Å². The molecule has 27 heavy (non-hydrogen) atoms. The summed E-state index contributed by atoms with van der Waals surface area (Å²) in [7, 11) is 0. The second-order valence-electron chi connectivity index (χ2n) is 8.48. The minimum Gasteiger partial charge on any atom is -0.348 e. The van der Waals surface area contributed by atoms with Crippen LogP contribution in [-0.4, -0.2) is 54.6 Å². The van der Waals surface area contributed by atoms with Crippen molar-refractivity contribution in [2.45, 2.75) is 45.1 Å². The van der Waals surface area contributed by atoms with Gasteiger partial charge in [0.1, 0.15) is 17.0 Å². The first-order valence-corrected chi connectivity index (χ1v) is 11.1. The SMILES string of the molecule is C[C@@H]1CCc2c(sc3ncnc(N4CC[NH+](CC(=O)NC5CC5)CC4)c23)C1. The normalized spacial score (nSPS) is 23.4. The van der Waals surface area contributed by atoms with Crippen LogP contribution in [0.25, 0.3) is 10.2 Å². The zero-order valence-electron chi connectivity index (χ0n) is 16.0. The molecule has 2 aromatic heterocycles. The molecule has 1 aliphatic heterocycles. The molecule has 0 aromatic carbocycles. The quantitative estimate of drug-likeness (QED) is 0.816. The Hall–Kier alpha value is -1.73. The number of thiophene rings is 1. The molecule has 0 radical (unpaired) electrons. The van der Waals surface area contributed by atoms with Crippen molar-refractivity contribution in [3.63, 3.8) is 0 Å². The molecule has 1 saturated carbocycles. The first kappa shape index (κ1) is 17.4. The lowest BCUT2D eigenvalue weighted by atomic mass is 9.89. The number of carbonyl (C=O) groups is 1. The Balaban J connectivity index is 1.31. The molecule has 5 rings (SSSR count). The fraction of sp³-hybridized carbons (Fsp3) is 0.650. The summed E-state index contributed by atoms with van der Waals surface area (Å²) in [6.07, 6.45) is 7.64. The van der Waals surface area contributed by atoms with Crippen LogP contribution in [-0.2, 0) is 17.6 Å². The summed E-state index contributed by atoms with van der Waals surface area (Å²) < 4.78 is 0. The maximum absolute atomic E-state index is 12.1. The van der Waals surface area contributed by atoms with E-state index >= 15 is 0 Å². The van der Waals surface area contributed by atoms with Crippen LogP contribution in [0, 0.1) is 5.92 Å². The molecule has 7 heteroatoms. The van der Waals surface area contributed by atoms with Crippen molar-refractivity contribution in [1.29, 1.82) is 0 Å². The Labute approximate surface area is 164 Å². The summed E-state index contributed by atoms with van der Waals surface area (Å²) in [5, 5.41) is 4.41. The van der Waals surface area contributed by atoms with Crippen molar-refractivity contribution in [2.24, 2.45) is 5.92 Å². The van der Waals surface area contributed by atoms with E-state index in [1.54, 1.807) is 6.33 Å². The van der Waals surface area contributed by atoms with E-state index in [1.165, 1.54) is 33.6 Å². The average Bonchev–Trinajstić information content (AvgIpc) is 3.39. The Morgan fingerprint density at radius 3 is 2.89 bits per heavy atom. The van der Waals surface area contributed by atoms with Crippen LogP contribution >= 0.6 is 11.3 Å². The van der Waals surface area contributed by atoms with Crippen molar-refractivity contribution in [3.05, 3.63) is 16.8 Å². The lowest BCUT2D eigenvalue weighted by Gasteiger charge is -2.33. The molecular weight excluding hydrogens is 358 g/mol. The average molecular weight is 387 g/mol. The van der Waals surface area contributed by atoms with Crippen LogP contribution < -0.4 is 15.1 Å². The topological polar surface area (TPSA) is 62.6 Å². The fourth-order valence-corrected chi connectivity index (χ4v) is 5.79. The summed E-state index contributed by atoms with van der Waals surface area (Å²) in [5.41, 5.74) is 1.50. The molecule has 3 heterocycles. The van der Waals surface area contributed by atoms with E-state index in [-0.39, 0.29) is 5.91 Å². The third-order valence-electron chi connectivity index (χ3n) is 6.19. The zero-order chi connectivity index (χ0) is 18.4. The van der Waals surface area contributed by atoms with Gasteiger partial charge in [0.2, 0.25) is 0 Å². The number of aromatic nitrogens is 2. The molecule has 0 unspecified atom stereocenters. The maximum Gasteiger partial charge on any atom is 0.275 e. The minimum absolute atomic E-state index is 0.214. The summed E-state index contributed by atoms with van der Waals surface area (Å²) in [4.78, 5) is 27.8. The van der Waals surface area contributed by atoms with E-state index in [0.29, 0.717) is 12.6 Å². The van der Waals surface area contributed by atoms with Crippen molar-refractivity contribution in [2.75, 3.05) is 37.6 Å². The Kier molecular flexibility index (Phi) is 4.52. The van der Waals surface area contributed by atoms with Gasteiger partial charge in [-0.15, -0.1) is 11.3 Å². The molecule has 2 N–H and O–H groups in total. The third-order valence-corrected chi connectivity index (χ3v) is 7.36. The highest BCUT2D eigenvalue weighted by molar-refractivity contribution is 7.19. The molecular formula is C20H28N5OS+. The lowest BCUT2D eigenvalue weighted by molar-refractivity contribution is -0.892. The largest absolute Gasteiger partial charge is 0.348 e. The number of hydrogen-bond acceptors (Lipinski definition) is 5. The number of hydrogen-bond donors (Lipinski definition) is 2. The van der Waals surface area contributed by atoms with Gasteiger partial charge < -0.3 is 15.1 Å². The fourth-order valence-electron chi connectivity index (χ4n) is 4.44. The van der Waals surface area contributed by atoms with Gasteiger partial charge in [-0.05, 0) is 43.6 Å². The Bertz CT molecular complexity index is 853. The number of piperazine rings is 1. The smallest absolute Gasteiger partial charge is 0.275 e. The maximum atomic E-state index is 12.1. The third kappa shape index (κ3) is 3.55. The minimum atomic E-state index is 0.214. The van der Waals surface area contributed by atoms with Crippen molar-refractivity contribution >= 4 is 33.3 Å². The lowest BCUT2D eigenvalue weighted by Crippen LogP contribution is -3.16. The second kappa shape index (κ2) is 7.02. The van der Waals surface area contributed by atoms with Gasteiger partial charge in [0.25, 0.3) is 5.91 Å². The number of quaternary nitrogens is 1. The van der Waals surface area contributed by atoms with E-state index in [2.05, 4.69) is 22.1 Å². The van der Waals surface area contributed by atoms with E-state index in [4.69, 9.17) is 4.98 Å². The van der Waals surface area contributed by atoms with Gasteiger partial charge in [-0.3, -0.25) is 4.79 Å². The van der Waals surface area contributed by atoms with E-state index in [9.17, 15) is 4.79 Å². The molecule has 1 amide bonds. The number of rotatable bonds is 4. The molecule has 6 nitrogen and oxygen atoms in total. The Morgan fingerprint density at radius 1 is 1.30 bits per heavy atom. The number of anilines is 1. The highest BCUT2D eigenvalue weighted by Gasteiger charge is 2.29. The van der Waals surface area contributed by atoms with Crippen molar-refractivity contribution < 1.29 is 9.69 Å². The Morgan fingerprint density at radius 2 is 2.11 bits per heavy atom.